The van der Waals surface area contributed by atoms with Crippen LogP contribution in [0.3, 0.4) is 0 Å². The van der Waals surface area contributed by atoms with Crippen LogP contribution in [0.15, 0.2) is 42.5 Å². The maximum Gasteiger partial charge on any atom is 0.0468 e. The molecule has 2 aromatic rings. The summed E-state index contributed by atoms with van der Waals surface area (Å²) < 4.78 is 0. The first kappa shape index (κ1) is 13.9. The van der Waals surface area contributed by atoms with E-state index in [4.69, 9.17) is 23.2 Å². The normalized spacial score (nSPS) is 18.2. The molecule has 0 saturated heterocycles. The first-order valence-corrected chi connectivity index (χ1v) is 7.65. The van der Waals surface area contributed by atoms with Crippen molar-refractivity contribution in [1.82, 2.24) is 5.32 Å². The number of hydrogen-bond donors (Lipinski definition) is 1. The fraction of sp³-hybridized carbons (Fsp3) is 0.294. The minimum absolute atomic E-state index is 0.189. The second-order valence-electron chi connectivity index (χ2n) is 5.31. The third kappa shape index (κ3) is 2.46. The van der Waals surface area contributed by atoms with Crippen LogP contribution < -0.4 is 5.32 Å². The van der Waals surface area contributed by atoms with Crippen LogP contribution in [0.1, 0.15) is 35.1 Å². The van der Waals surface area contributed by atoms with Gasteiger partial charge in [-0.2, -0.15) is 0 Å². The fourth-order valence-electron chi connectivity index (χ4n) is 3.08. The second-order valence-corrected chi connectivity index (χ2v) is 6.13. The van der Waals surface area contributed by atoms with Gasteiger partial charge in [-0.05, 0) is 49.1 Å². The van der Waals surface area contributed by atoms with Crippen molar-refractivity contribution < 1.29 is 0 Å². The molecule has 0 saturated carbocycles. The van der Waals surface area contributed by atoms with E-state index in [0.717, 1.165) is 28.5 Å². The Kier molecular flexibility index (Phi) is 4.02. The molecule has 2 atom stereocenters. The fourth-order valence-corrected chi connectivity index (χ4v) is 3.74. The number of nitrogens with one attached hydrogen (secondary N) is 1. The van der Waals surface area contributed by atoms with Gasteiger partial charge in [0.15, 0.2) is 0 Å². The number of hydrogen-bond acceptors (Lipinski definition) is 1. The van der Waals surface area contributed by atoms with Crippen molar-refractivity contribution in [3.05, 3.63) is 69.2 Å². The van der Waals surface area contributed by atoms with E-state index in [1.165, 1.54) is 11.1 Å². The van der Waals surface area contributed by atoms with Gasteiger partial charge >= 0.3 is 0 Å². The van der Waals surface area contributed by atoms with Crippen molar-refractivity contribution in [2.45, 2.75) is 24.8 Å². The Bertz CT molecular complexity index is 604. The Morgan fingerprint density at radius 2 is 1.80 bits per heavy atom. The summed E-state index contributed by atoms with van der Waals surface area (Å²) in [6.45, 7) is 0. The molecular weight excluding hydrogens is 289 g/mol. The van der Waals surface area contributed by atoms with Crippen LogP contribution >= 0.6 is 23.2 Å². The molecule has 0 bridgehead atoms. The van der Waals surface area contributed by atoms with Crippen LogP contribution in [0.5, 0.6) is 0 Å². The number of benzene rings is 2. The SMILES string of the molecule is CNC(CC1Cc2ccccc21)c1c(Cl)cccc1Cl. The lowest BCUT2D eigenvalue weighted by atomic mass is 9.74. The lowest BCUT2D eigenvalue weighted by molar-refractivity contribution is 0.452. The molecule has 0 fully saturated rings. The molecule has 3 heteroatoms. The van der Waals surface area contributed by atoms with Crippen LogP contribution in [-0.4, -0.2) is 7.05 Å². The lowest BCUT2D eigenvalue weighted by Gasteiger charge is -2.33. The van der Waals surface area contributed by atoms with Crippen molar-refractivity contribution in [3.63, 3.8) is 0 Å². The van der Waals surface area contributed by atoms with Gasteiger partial charge in [0.1, 0.15) is 0 Å². The summed E-state index contributed by atoms with van der Waals surface area (Å²) in [6, 6.07) is 14.5. The van der Waals surface area contributed by atoms with Gasteiger partial charge in [-0.25, -0.2) is 0 Å². The second kappa shape index (κ2) is 5.77. The summed E-state index contributed by atoms with van der Waals surface area (Å²) in [5.41, 5.74) is 3.95. The van der Waals surface area contributed by atoms with E-state index in [-0.39, 0.29) is 6.04 Å². The monoisotopic (exact) mass is 305 g/mol. The molecule has 2 aromatic carbocycles. The summed E-state index contributed by atoms with van der Waals surface area (Å²) in [6.07, 6.45) is 2.17. The van der Waals surface area contributed by atoms with Crippen molar-refractivity contribution in [2.24, 2.45) is 0 Å². The van der Waals surface area contributed by atoms with Gasteiger partial charge in [-0.3, -0.25) is 0 Å². The van der Waals surface area contributed by atoms with Gasteiger partial charge in [0.05, 0.1) is 0 Å². The molecule has 104 valence electrons. The predicted molar refractivity (Wildman–Crippen MR) is 85.8 cm³/mol. The lowest BCUT2D eigenvalue weighted by Crippen LogP contribution is -2.25. The minimum atomic E-state index is 0.189. The van der Waals surface area contributed by atoms with Crippen LogP contribution in [0, 0.1) is 0 Å². The summed E-state index contributed by atoms with van der Waals surface area (Å²) >= 11 is 12.6. The van der Waals surface area contributed by atoms with Crippen molar-refractivity contribution >= 4 is 23.2 Å². The zero-order valence-electron chi connectivity index (χ0n) is 11.4. The highest BCUT2D eigenvalue weighted by Gasteiger charge is 2.29. The van der Waals surface area contributed by atoms with Gasteiger partial charge < -0.3 is 5.32 Å². The molecule has 0 spiro atoms. The molecule has 0 heterocycles. The average Bonchev–Trinajstić information content (AvgIpc) is 2.42. The standard InChI is InChI=1S/C17H17Cl2N/c1-20-16(17-14(18)7-4-8-15(17)19)10-12-9-11-5-2-3-6-13(11)12/h2-8,12,16,20H,9-10H2,1H3. The first-order chi connectivity index (χ1) is 9.70. The smallest absolute Gasteiger partial charge is 0.0468 e. The summed E-state index contributed by atoms with van der Waals surface area (Å²) in [5, 5.41) is 4.84. The molecule has 1 N–H and O–H groups in total. The summed E-state index contributed by atoms with van der Waals surface area (Å²) in [4.78, 5) is 0. The van der Waals surface area contributed by atoms with Gasteiger partial charge in [0, 0.05) is 21.7 Å². The molecule has 3 rings (SSSR count). The zero-order chi connectivity index (χ0) is 14.1. The number of rotatable bonds is 4. The number of halogens is 2. The van der Waals surface area contributed by atoms with Gasteiger partial charge in [0.25, 0.3) is 0 Å². The largest absolute Gasteiger partial charge is 0.313 e. The summed E-state index contributed by atoms with van der Waals surface area (Å²) in [5.74, 6) is 0.594. The van der Waals surface area contributed by atoms with E-state index >= 15 is 0 Å². The third-order valence-electron chi connectivity index (χ3n) is 4.18. The molecule has 1 nitrogen and oxygen atoms in total. The topological polar surface area (TPSA) is 12.0 Å². The van der Waals surface area contributed by atoms with Crippen LogP contribution in [0.4, 0.5) is 0 Å². The molecular formula is C17H17Cl2N. The quantitative estimate of drug-likeness (QED) is 0.839. The molecule has 0 radical (unpaired) electrons. The third-order valence-corrected chi connectivity index (χ3v) is 4.84. The first-order valence-electron chi connectivity index (χ1n) is 6.89. The predicted octanol–water partition coefficient (Wildman–Crippen LogP) is 4.98. The molecule has 0 aromatic heterocycles. The highest BCUT2D eigenvalue weighted by Crippen LogP contribution is 2.42. The molecule has 20 heavy (non-hydrogen) atoms. The molecule has 0 amide bonds. The highest BCUT2D eigenvalue weighted by molar-refractivity contribution is 6.36. The molecule has 0 aliphatic heterocycles. The van der Waals surface area contributed by atoms with Gasteiger partial charge in [-0.15, -0.1) is 0 Å². The van der Waals surface area contributed by atoms with Crippen molar-refractivity contribution in [3.8, 4) is 0 Å². The molecule has 1 aliphatic carbocycles. The average molecular weight is 306 g/mol. The van der Waals surface area contributed by atoms with E-state index in [1.54, 1.807) is 0 Å². The van der Waals surface area contributed by atoms with E-state index in [2.05, 4.69) is 29.6 Å². The Balaban J connectivity index is 1.83. The zero-order valence-corrected chi connectivity index (χ0v) is 12.9. The Labute approximate surface area is 129 Å². The molecule has 2 unspecified atom stereocenters. The molecule has 1 aliphatic rings. The van der Waals surface area contributed by atoms with Crippen molar-refractivity contribution in [1.29, 1.82) is 0 Å². The minimum Gasteiger partial charge on any atom is -0.313 e. The Hall–Kier alpha value is -1.02. The number of fused-ring (bicyclic) bond motifs is 1. The van der Waals surface area contributed by atoms with E-state index in [0.29, 0.717) is 5.92 Å². The van der Waals surface area contributed by atoms with Crippen LogP contribution in [0.2, 0.25) is 10.0 Å². The Morgan fingerprint density at radius 1 is 1.10 bits per heavy atom. The van der Waals surface area contributed by atoms with Crippen LogP contribution in [0.25, 0.3) is 0 Å². The van der Waals surface area contributed by atoms with E-state index < -0.39 is 0 Å². The van der Waals surface area contributed by atoms with Crippen LogP contribution in [-0.2, 0) is 6.42 Å². The van der Waals surface area contributed by atoms with Gasteiger partial charge in [0.2, 0.25) is 0 Å². The highest BCUT2D eigenvalue weighted by atomic mass is 35.5. The van der Waals surface area contributed by atoms with Gasteiger partial charge in [-0.1, -0.05) is 53.5 Å². The maximum absolute atomic E-state index is 6.32. The van der Waals surface area contributed by atoms with E-state index in [1.807, 2.05) is 25.2 Å². The van der Waals surface area contributed by atoms with Crippen molar-refractivity contribution in [2.75, 3.05) is 7.05 Å². The van der Waals surface area contributed by atoms with E-state index in [9.17, 15) is 0 Å². The maximum atomic E-state index is 6.32. The Morgan fingerprint density at radius 3 is 2.45 bits per heavy atom. The summed E-state index contributed by atoms with van der Waals surface area (Å²) in [7, 11) is 1.97.